The zero-order valence-electron chi connectivity index (χ0n) is 9.09. The van der Waals surface area contributed by atoms with Crippen molar-refractivity contribution in [3.8, 4) is 11.3 Å². The fourth-order valence-electron chi connectivity index (χ4n) is 1.60. The van der Waals surface area contributed by atoms with Gasteiger partial charge in [0.2, 0.25) is 0 Å². The molecule has 2 nitrogen and oxygen atoms in total. The molecule has 0 radical (unpaired) electrons. The predicted octanol–water partition coefficient (Wildman–Crippen LogP) is 4.68. The topological polar surface area (TPSA) is 30.2 Å². The van der Waals surface area contributed by atoms with Crippen LogP contribution in [0.4, 0.5) is 17.6 Å². The molecule has 19 heavy (non-hydrogen) atoms. The van der Waals surface area contributed by atoms with E-state index in [4.69, 9.17) is 4.42 Å². The molecule has 1 heterocycles. The molecule has 7 heteroatoms. The van der Waals surface area contributed by atoms with Gasteiger partial charge < -0.3 is 4.42 Å². The number of rotatable bonds is 2. The van der Waals surface area contributed by atoms with Gasteiger partial charge in [-0.25, -0.2) is 4.39 Å². The molecule has 0 fully saturated rings. The van der Waals surface area contributed by atoms with Crippen LogP contribution in [0, 0.1) is 5.82 Å². The molecule has 0 unspecified atom stereocenters. The Labute approximate surface area is 113 Å². The minimum atomic E-state index is -4.74. The van der Waals surface area contributed by atoms with Gasteiger partial charge in [-0.2, -0.15) is 13.2 Å². The average Bonchev–Trinajstić information content (AvgIpc) is 2.75. The number of furan rings is 1. The van der Waals surface area contributed by atoms with E-state index in [1.807, 2.05) is 0 Å². The molecule has 0 atom stereocenters. The molecule has 0 saturated heterocycles. The maximum atomic E-state index is 13.1. The van der Waals surface area contributed by atoms with Crippen molar-refractivity contribution in [3.63, 3.8) is 0 Å². The van der Waals surface area contributed by atoms with Gasteiger partial charge in [-0.15, -0.1) is 0 Å². The quantitative estimate of drug-likeness (QED) is 0.588. The third kappa shape index (κ3) is 2.70. The summed E-state index contributed by atoms with van der Waals surface area (Å²) in [6.07, 6.45) is -4.37. The molecule has 0 N–H and O–H groups in total. The lowest BCUT2D eigenvalue weighted by molar-refractivity contribution is -0.137. The second-order valence-electron chi connectivity index (χ2n) is 3.63. The Hall–Kier alpha value is -1.63. The normalized spacial score (nSPS) is 11.6. The van der Waals surface area contributed by atoms with Gasteiger partial charge in [-0.3, -0.25) is 4.79 Å². The minimum Gasteiger partial charge on any atom is -0.453 e. The highest BCUT2D eigenvalue weighted by Gasteiger charge is 2.36. The zero-order valence-corrected chi connectivity index (χ0v) is 10.7. The van der Waals surface area contributed by atoms with Crippen LogP contribution >= 0.6 is 15.9 Å². The summed E-state index contributed by atoms with van der Waals surface area (Å²) in [7, 11) is 0. The molecule has 0 aliphatic heterocycles. The Balaban J connectivity index is 2.71. The summed E-state index contributed by atoms with van der Waals surface area (Å²) in [5.41, 5.74) is -1.52. The van der Waals surface area contributed by atoms with Gasteiger partial charge in [0.1, 0.15) is 11.6 Å². The van der Waals surface area contributed by atoms with Crippen molar-refractivity contribution in [2.45, 2.75) is 6.18 Å². The lowest BCUT2D eigenvalue weighted by atomic mass is 10.0. The van der Waals surface area contributed by atoms with Gasteiger partial charge >= 0.3 is 6.18 Å². The molecule has 2 rings (SSSR count). The van der Waals surface area contributed by atoms with Gasteiger partial charge in [-0.1, -0.05) is 0 Å². The van der Waals surface area contributed by atoms with E-state index >= 15 is 0 Å². The number of alkyl halides is 3. The van der Waals surface area contributed by atoms with Crippen molar-refractivity contribution in [1.82, 2.24) is 0 Å². The number of carbonyl (C=O) groups excluding carboxylic acids is 1. The Morgan fingerprint density at radius 2 is 1.89 bits per heavy atom. The van der Waals surface area contributed by atoms with Crippen molar-refractivity contribution < 1.29 is 26.8 Å². The number of hydrogen-bond donors (Lipinski definition) is 0. The molecule has 0 aliphatic rings. The van der Waals surface area contributed by atoms with E-state index in [0.29, 0.717) is 12.4 Å². The van der Waals surface area contributed by atoms with E-state index in [-0.39, 0.29) is 21.6 Å². The number of benzene rings is 1. The van der Waals surface area contributed by atoms with Crippen LogP contribution < -0.4 is 0 Å². The molecule has 0 bridgehead atoms. The van der Waals surface area contributed by atoms with Crippen molar-refractivity contribution in [2.24, 2.45) is 0 Å². The first kappa shape index (κ1) is 13.8. The first-order chi connectivity index (χ1) is 8.82. The van der Waals surface area contributed by atoms with Gasteiger partial charge in [0.15, 0.2) is 12.0 Å². The lowest BCUT2D eigenvalue weighted by Crippen LogP contribution is -2.08. The molecule has 1 aromatic heterocycles. The summed E-state index contributed by atoms with van der Waals surface area (Å²) >= 11 is 2.87. The van der Waals surface area contributed by atoms with Crippen LogP contribution in [0.5, 0.6) is 0 Å². The van der Waals surface area contributed by atoms with E-state index < -0.39 is 17.6 Å². The molecule has 1 aromatic carbocycles. The standard InChI is InChI=1S/C12H5BrF4O2/c13-9-4-6(14)3-8(12(15,16)17)11(9)10-2-1-7(5-18)19-10/h1-5H. The Morgan fingerprint density at radius 1 is 1.21 bits per heavy atom. The van der Waals surface area contributed by atoms with E-state index in [9.17, 15) is 22.4 Å². The van der Waals surface area contributed by atoms with Crippen LogP contribution in [0.1, 0.15) is 16.1 Å². The third-order valence-electron chi connectivity index (χ3n) is 2.35. The summed E-state index contributed by atoms with van der Waals surface area (Å²) < 4.78 is 56.6. The van der Waals surface area contributed by atoms with E-state index in [1.165, 1.54) is 12.1 Å². The highest BCUT2D eigenvalue weighted by atomic mass is 79.9. The maximum absolute atomic E-state index is 13.1. The summed E-state index contributed by atoms with van der Waals surface area (Å²) in [5.74, 6) is -1.30. The van der Waals surface area contributed by atoms with Crippen LogP contribution in [0.3, 0.4) is 0 Å². The fraction of sp³-hybridized carbons (Fsp3) is 0.0833. The summed E-state index contributed by atoms with van der Waals surface area (Å²) in [5, 5.41) is 0. The number of carbonyl (C=O) groups is 1. The second kappa shape index (κ2) is 4.80. The van der Waals surface area contributed by atoms with Gasteiger partial charge in [-0.05, 0) is 40.2 Å². The first-order valence-corrected chi connectivity index (χ1v) is 5.74. The molecule has 0 spiro atoms. The van der Waals surface area contributed by atoms with Crippen LogP contribution in [-0.4, -0.2) is 6.29 Å². The lowest BCUT2D eigenvalue weighted by Gasteiger charge is -2.13. The monoisotopic (exact) mass is 336 g/mol. The number of hydrogen-bond acceptors (Lipinski definition) is 2. The number of aldehydes is 1. The summed E-state index contributed by atoms with van der Waals surface area (Å²) in [4.78, 5) is 10.5. The molecule has 0 amide bonds. The Kier molecular flexibility index (Phi) is 3.49. The Morgan fingerprint density at radius 3 is 2.42 bits per heavy atom. The second-order valence-corrected chi connectivity index (χ2v) is 4.48. The molecular weight excluding hydrogens is 332 g/mol. The maximum Gasteiger partial charge on any atom is 0.417 e. The van der Waals surface area contributed by atoms with Crippen molar-refractivity contribution in [2.75, 3.05) is 0 Å². The van der Waals surface area contributed by atoms with Crippen molar-refractivity contribution >= 4 is 22.2 Å². The molecule has 0 saturated carbocycles. The smallest absolute Gasteiger partial charge is 0.417 e. The SMILES string of the molecule is O=Cc1ccc(-c2c(Br)cc(F)cc2C(F)(F)F)o1. The van der Waals surface area contributed by atoms with Gasteiger partial charge in [0.05, 0.1) is 5.56 Å². The summed E-state index contributed by atoms with van der Waals surface area (Å²) in [6, 6.07) is 3.73. The average molecular weight is 337 g/mol. The molecule has 100 valence electrons. The van der Waals surface area contributed by atoms with Crippen LogP contribution in [0.15, 0.2) is 33.2 Å². The predicted molar refractivity (Wildman–Crippen MR) is 62.2 cm³/mol. The molecule has 0 aliphatic carbocycles. The van der Waals surface area contributed by atoms with Gasteiger partial charge in [0, 0.05) is 10.0 Å². The van der Waals surface area contributed by atoms with Crippen LogP contribution in [0.25, 0.3) is 11.3 Å². The highest BCUT2D eigenvalue weighted by molar-refractivity contribution is 9.10. The van der Waals surface area contributed by atoms with Crippen LogP contribution in [0.2, 0.25) is 0 Å². The van der Waals surface area contributed by atoms with Crippen LogP contribution in [-0.2, 0) is 6.18 Å². The first-order valence-electron chi connectivity index (χ1n) is 4.94. The van der Waals surface area contributed by atoms with Gasteiger partial charge in [0.25, 0.3) is 0 Å². The highest BCUT2D eigenvalue weighted by Crippen LogP contribution is 2.42. The molecular formula is C12H5BrF4O2. The van der Waals surface area contributed by atoms with E-state index in [2.05, 4.69) is 15.9 Å². The fourth-order valence-corrected chi connectivity index (χ4v) is 2.23. The van der Waals surface area contributed by atoms with Crippen molar-refractivity contribution in [3.05, 3.63) is 45.9 Å². The van der Waals surface area contributed by atoms with E-state index in [1.54, 1.807) is 0 Å². The third-order valence-corrected chi connectivity index (χ3v) is 2.98. The zero-order chi connectivity index (χ0) is 14.2. The van der Waals surface area contributed by atoms with Crippen molar-refractivity contribution in [1.29, 1.82) is 0 Å². The summed E-state index contributed by atoms with van der Waals surface area (Å²) in [6.45, 7) is 0. The Bertz CT molecular complexity index is 631. The largest absolute Gasteiger partial charge is 0.453 e. The van der Waals surface area contributed by atoms with E-state index in [0.717, 1.165) is 6.07 Å². The number of halogens is 5. The molecule has 2 aromatic rings. The minimum absolute atomic E-state index is 0.105.